The van der Waals surface area contributed by atoms with Gasteiger partial charge >= 0.3 is 0 Å². The topological polar surface area (TPSA) is 40.5 Å². The lowest BCUT2D eigenvalue weighted by Gasteiger charge is -2.56. The van der Waals surface area contributed by atoms with Crippen molar-refractivity contribution in [2.75, 3.05) is 0 Å². The average molecular weight is 311 g/mol. The number of hydrogen-bond acceptors (Lipinski definition) is 2. The fourth-order valence-corrected chi connectivity index (χ4v) is 5.44. The molecule has 0 heterocycles. The lowest BCUT2D eigenvalue weighted by atomic mass is 9.50. The lowest BCUT2D eigenvalue weighted by molar-refractivity contribution is -0.115. The van der Waals surface area contributed by atoms with Gasteiger partial charge in [0, 0.05) is 0 Å². The lowest BCUT2D eigenvalue weighted by Crippen LogP contribution is -2.51. The Kier molecular flexibility index (Phi) is 5.34. The summed E-state index contributed by atoms with van der Waals surface area (Å²) in [6, 6.07) is 0. The maximum Gasteiger partial charge on any atom is 0.0576 e. The Morgan fingerprint density at radius 1 is 0.727 bits per heavy atom. The average Bonchev–Trinajstić information content (AvgIpc) is 2.37. The Bertz CT molecular complexity index is 342. The number of rotatable bonds is 3. The number of aliphatic hydroxyl groups is 2. The van der Waals surface area contributed by atoms with Crippen molar-refractivity contribution in [2.45, 2.75) is 92.3 Å². The highest BCUT2D eigenvalue weighted by Gasteiger charge is 2.52. The van der Waals surface area contributed by atoms with Gasteiger partial charge in [-0.05, 0) is 73.0 Å². The van der Waals surface area contributed by atoms with Gasteiger partial charge in [-0.25, -0.2) is 0 Å². The molecule has 2 heteroatoms. The van der Waals surface area contributed by atoms with E-state index in [2.05, 4.69) is 41.5 Å². The molecule has 2 fully saturated rings. The van der Waals surface area contributed by atoms with E-state index in [1.54, 1.807) is 0 Å². The molecule has 22 heavy (non-hydrogen) atoms. The van der Waals surface area contributed by atoms with Crippen molar-refractivity contribution in [3.05, 3.63) is 0 Å². The van der Waals surface area contributed by atoms with Gasteiger partial charge in [0.2, 0.25) is 0 Å². The van der Waals surface area contributed by atoms with Crippen molar-refractivity contribution in [1.82, 2.24) is 0 Å². The molecule has 2 rings (SSSR count). The van der Waals surface area contributed by atoms with E-state index >= 15 is 0 Å². The van der Waals surface area contributed by atoms with Crippen LogP contribution in [0, 0.1) is 34.5 Å². The second kappa shape index (κ2) is 6.43. The van der Waals surface area contributed by atoms with Gasteiger partial charge in [-0.3, -0.25) is 0 Å². The molecule has 0 aromatic heterocycles. The third-order valence-electron chi connectivity index (χ3n) is 7.54. The van der Waals surface area contributed by atoms with Gasteiger partial charge in [-0.15, -0.1) is 0 Å². The van der Waals surface area contributed by atoms with Crippen LogP contribution in [0.1, 0.15) is 80.1 Å². The normalized spacial score (nSPS) is 47.2. The summed E-state index contributed by atoms with van der Waals surface area (Å²) < 4.78 is 0. The molecule has 0 radical (unpaired) electrons. The predicted octanol–water partition coefficient (Wildman–Crippen LogP) is 4.63. The Morgan fingerprint density at radius 2 is 1.05 bits per heavy atom. The zero-order chi connectivity index (χ0) is 16.7. The molecule has 0 aromatic rings. The predicted molar refractivity (Wildman–Crippen MR) is 92.6 cm³/mol. The van der Waals surface area contributed by atoms with E-state index in [-0.39, 0.29) is 23.0 Å². The Balaban J connectivity index is 2.10. The zero-order valence-electron chi connectivity index (χ0n) is 15.6. The maximum absolute atomic E-state index is 10.7. The third-order valence-corrected chi connectivity index (χ3v) is 7.54. The molecular formula is C20H38O2. The molecule has 0 amide bonds. The molecule has 0 bridgehead atoms. The first-order valence-corrected chi connectivity index (χ1v) is 9.46. The van der Waals surface area contributed by atoms with E-state index < -0.39 is 0 Å². The Hall–Kier alpha value is -0.0800. The van der Waals surface area contributed by atoms with Crippen LogP contribution in [-0.2, 0) is 0 Å². The molecule has 0 aliphatic heterocycles. The monoisotopic (exact) mass is 310 g/mol. The fourth-order valence-electron chi connectivity index (χ4n) is 5.44. The molecule has 3 unspecified atom stereocenters. The largest absolute Gasteiger partial charge is 0.393 e. The summed E-state index contributed by atoms with van der Waals surface area (Å²) in [5.74, 6) is 2.03. The van der Waals surface area contributed by atoms with Gasteiger partial charge < -0.3 is 10.2 Å². The van der Waals surface area contributed by atoms with Crippen LogP contribution in [0.5, 0.6) is 0 Å². The summed E-state index contributed by atoms with van der Waals surface area (Å²) in [4.78, 5) is 0. The van der Waals surface area contributed by atoms with Crippen LogP contribution in [-0.4, -0.2) is 22.4 Å². The molecule has 0 aromatic carbocycles. The minimum atomic E-state index is -0.171. The molecule has 2 saturated carbocycles. The highest BCUT2D eigenvalue weighted by molar-refractivity contribution is 5.02. The van der Waals surface area contributed by atoms with Crippen LogP contribution in [0.25, 0.3) is 0 Å². The molecule has 2 N–H and O–H groups in total. The van der Waals surface area contributed by atoms with E-state index in [0.29, 0.717) is 23.7 Å². The van der Waals surface area contributed by atoms with E-state index in [4.69, 9.17) is 0 Å². The number of hydrogen-bond donors (Lipinski definition) is 2. The van der Waals surface area contributed by atoms with Crippen molar-refractivity contribution in [2.24, 2.45) is 34.5 Å². The van der Waals surface area contributed by atoms with Gasteiger partial charge in [0.1, 0.15) is 0 Å². The highest BCUT2D eigenvalue weighted by atomic mass is 16.3. The smallest absolute Gasteiger partial charge is 0.0576 e. The van der Waals surface area contributed by atoms with Gasteiger partial charge in [0.05, 0.1) is 12.2 Å². The van der Waals surface area contributed by atoms with Crippen molar-refractivity contribution in [3.8, 4) is 0 Å². The van der Waals surface area contributed by atoms with Crippen LogP contribution < -0.4 is 0 Å². The Morgan fingerprint density at radius 3 is 1.27 bits per heavy atom. The van der Waals surface area contributed by atoms with Crippen molar-refractivity contribution in [1.29, 1.82) is 0 Å². The summed E-state index contributed by atoms with van der Waals surface area (Å²) >= 11 is 0. The Labute approximate surface area is 137 Å². The first kappa shape index (κ1) is 18.3. The molecule has 130 valence electrons. The van der Waals surface area contributed by atoms with Gasteiger partial charge in [-0.2, -0.15) is 0 Å². The maximum atomic E-state index is 10.7. The molecule has 0 spiro atoms. The van der Waals surface area contributed by atoms with Crippen molar-refractivity contribution >= 4 is 0 Å². The highest BCUT2D eigenvalue weighted by Crippen LogP contribution is 2.58. The molecule has 2 nitrogen and oxygen atoms in total. The molecule has 2 aliphatic carbocycles. The van der Waals surface area contributed by atoms with Crippen molar-refractivity contribution in [3.63, 3.8) is 0 Å². The molecule has 2 aliphatic rings. The summed E-state index contributed by atoms with van der Waals surface area (Å²) in [6.45, 7) is 13.7. The zero-order valence-corrected chi connectivity index (χ0v) is 15.6. The summed E-state index contributed by atoms with van der Waals surface area (Å²) in [5, 5.41) is 21.3. The fraction of sp³-hybridized carbons (Fsp3) is 1.00. The summed E-state index contributed by atoms with van der Waals surface area (Å²) in [6.07, 6.45) is 6.14. The van der Waals surface area contributed by atoms with E-state index in [1.807, 2.05) is 0 Å². The SMILES string of the molecule is CC(C)C1CCC(C)([C@]2(C)CC[C@@H](C(C)C)[C@H](O)C2)CC1O. The number of aliphatic hydroxyl groups excluding tert-OH is 2. The van der Waals surface area contributed by atoms with E-state index in [1.165, 1.54) is 12.8 Å². The van der Waals surface area contributed by atoms with E-state index in [0.717, 1.165) is 25.7 Å². The minimum absolute atomic E-state index is 0.167. The second-order valence-corrected chi connectivity index (χ2v) is 9.56. The van der Waals surface area contributed by atoms with Gasteiger partial charge in [-0.1, -0.05) is 41.5 Å². The minimum Gasteiger partial charge on any atom is -0.393 e. The van der Waals surface area contributed by atoms with Crippen LogP contribution in [0.2, 0.25) is 0 Å². The standard InChI is InChI=1S/C20H38O2/c1-13(2)15-7-9-19(5,11-17(15)21)20(6)10-8-16(14(3)4)18(22)12-20/h13-18,21-22H,7-12H2,1-6H3/t15-,16?,17+,18?,19+,20?/m0/s1. The molecule has 0 saturated heterocycles. The van der Waals surface area contributed by atoms with Gasteiger partial charge in [0.15, 0.2) is 0 Å². The molecule has 6 atom stereocenters. The second-order valence-electron chi connectivity index (χ2n) is 9.56. The third kappa shape index (κ3) is 3.24. The van der Waals surface area contributed by atoms with Crippen LogP contribution in [0.3, 0.4) is 0 Å². The van der Waals surface area contributed by atoms with Crippen LogP contribution >= 0.6 is 0 Å². The van der Waals surface area contributed by atoms with E-state index in [9.17, 15) is 10.2 Å². The quantitative estimate of drug-likeness (QED) is 0.797. The van der Waals surface area contributed by atoms with Crippen molar-refractivity contribution < 1.29 is 10.2 Å². The van der Waals surface area contributed by atoms with Gasteiger partial charge in [0.25, 0.3) is 0 Å². The molecular weight excluding hydrogens is 272 g/mol. The van der Waals surface area contributed by atoms with Crippen LogP contribution in [0.15, 0.2) is 0 Å². The summed E-state index contributed by atoms with van der Waals surface area (Å²) in [7, 11) is 0. The summed E-state index contributed by atoms with van der Waals surface area (Å²) in [5.41, 5.74) is 0.335. The first-order valence-electron chi connectivity index (χ1n) is 9.46. The first-order chi connectivity index (χ1) is 10.1. The van der Waals surface area contributed by atoms with Crippen LogP contribution in [0.4, 0.5) is 0 Å².